The monoisotopic (exact) mass is 361 g/mol. The molecule has 1 saturated heterocycles. The lowest BCUT2D eigenvalue weighted by molar-refractivity contribution is 0.252. The van der Waals surface area contributed by atoms with Crippen LogP contribution in [0.5, 0.6) is 0 Å². The van der Waals surface area contributed by atoms with Gasteiger partial charge in [-0.15, -0.1) is 24.8 Å². The summed E-state index contributed by atoms with van der Waals surface area (Å²) in [4.78, 5) is 6.55. The van der Waals surface area contributed by atoms with Crippen LogP contribution in [-0.4, -0.2) is 29.5 Å². The first kappa shape index (κ1) is 19.9. The predicted molar refractivity (Wildman–Crippen MR) is 93.4 cm³/mol. The van der Waals surface area contributed by atoms with Crippen LogP contribution in [0.15, 0.2) is 34.9 Å². The fourth-order valence-corrected chi connectivity index (χ4v) is 2.79. The van der Waals surface area contributed by atoms with Gasteiger partial charge in [-0.25, -0.2) is 9.37 Å². The first-order chi connectivity index (χ1) is 10.1. The number of benzene rings is 1. The van der Waals surface area contributed by atoms with Crippen LogP contribution in [0.3, 0.4) is 0 Å². The highest BCUT2D eigenvalue weighted by atomic mass is 35.5. The molecule has 3 rings (SSSR count). The molecule has 0 aliphatic carbocycles. The number of aromatic nitrogens is 1. The number of likely N-dealkylation sites (tertiary alicyclic amines) is 1. The fraction of sp³-hybridized carbons (Fsp3) is 0.438. The molecule has 1 aromatic heterocycles. The summed E-state index contributed by atoms with van der Waals surface area (Å²) in [6.07, 6.45) is 2.68. The molecule has 1 atom stereocenters. The minimum Gasteiger partial charge on any atom is -0.439 e. The zero-order valence-electron chi connectivity index (χ0n) is 13.0. The molecule has 1 fully saturated rings. The van der Waals surface area contributed by atoms with Gasteiger partial charge >= 0.3 is 0 Å². The van der Waals surface area contributed by atoms with Gasteiger partial charge < -0.3 is 10.2 Å². The SMILES string of the molecule is CC1(CN)CCN(Cc2ncc(-c3ccccc3F)o2)C1.Cl.Cl. The van der Waals surface area contributed by atoms with Gasteiger partial charge in [0.15, 0.2) is 5.76 Å². The molecule has 2 heterocycles. The minimum atomic E-state index is -0.294. The lowest BCUT2D eigenvalue weighted by Crippen LogP contribution is -2.31. The summed E-state index contributed by atoms with van der Waals surface area (Å²) in [5.74, 6) is 0.801. The van der Waals surface area contributed by atoms with E-state index >= 15 is 0 Å². The Kier molecular flexibility index (Phi) is 7.02. The average molecular weight is 362 g/mol. The molecule has 0 radical (unpaired) electrons. The molecule has 1 aliphatic heterocycles. The van der Waals surface area contributed by atoms with Crippen molar-refractivity contribution in [1.82, 2.24) is 9.88 Å². The second kappa shape index (κ2) is 8.11. The summed E-state index contributed by atoms with van der Waals surface area (Å²) in [5.41, 5.74) is 6.44. The second-order valence-corrected chi connectivity index (χ2v) is 6.07. The number of nitrogens with two attached hydrogens (primary N) is 1. The molecule has 0 saturated carbocycles. The van der Waals surface area contributed by atoms with Gasteiger partial charge in [-0.3, -0.25) is 4.90 Å². The molecular formula is C16H22Cl2FN3O. The summed E-state index contributed by atoms with van der Waals surface area (Å²) in [5, 5.41) is 0. The van der Waals surface area contributed by atoms with E-state index < -0.39 is 0 Å². The number of hydrogen-bond donors (Lipinski definition) is 1. The standard InChI is InChI=1S/C16H20FN3O.2ClH/c1-16(10-18)6-7-20(11-16)9-15-19-8-14(21-15)12-4-2-3-5-13(12)17;;/h2-5,8H,6-7,9-11,18H2,1H3;2*1H. The molecule has 128 valence electrons. The van der Waals surface area contributed by atoms with E-state index in [0.717, 1.165) is 19.5 Å². The summed E-state index contributed by atoms with van der Waals surface area (Å²) in [6.45, 7) is 5.47. The van der Waals surface area contributed by atoms with Crippen molar-refractivity contribution < 1.29 is 8.81 Å². The summed E-state index contributed by atoms with van der Waals surface area (Å²) in [7, 11) is 0. The van der Waals surface area contributed by atoms with Crippen LogP contribution >= 0.6 is 24.8 Å². The summed E-state index contributed by atoms with van der Waals surface area (Å²) < 4.78 is 19.4. The van der Waals surface area contributed by atoms with Gasteiger partial charge in [0.25, 0.3) is 0 Å². The van der Waals surface area contributed by atoms with E-state index in [4.69, 9.17) is 10.2 Å². The Morgan fingerprint density at radius 1 is 1.35 bits per heavy atom. The molecule has 1 aliphatic rings. The molecule has 1 unspecified atom stereocenters. The lowest BCUT2D eigenvalue weighted by atomic mass is 9.90. The fourth-order valence-electron chi connectivity index (χ4n) is 2.79. The highest BCUT2D eigenvalue weighted by molar-refractivity contribution is 5.85. The van der Waals surface area contributed by atoms with Crippen LogP contribution in [0.4, 0.5) is 4.39 Å². The normalized spacial score (nSPS) is 20.8. The topological polar surface area (TPSA) is 55.3 Å². The van der Waals surface area contributed by atoms with Crippen LogP contribution in [0.25, 0.3) is 11.3 Å². The lowest BCUT2D eigenvalue weighted by Gasteiger charge is -2.21. The average Bonchev–Trinajstić information content (AvgIpc) is 3.08. The Hall–Kier alpha value is -1.14. The Bertz CT molecular complexity index is 637. The molecular weight excluding hydrogens is 340 g/mol. The maximum absolute atomic E-state index is 13.7. The van der Waals surface area contributed by atoms with Gasteiger partial charge in [-0.2, -0.15) is 0 Å². The van der Waals surface area contributed by atoms with Crippen molar-refractivity contribution in [2.24, 2.45) is 11.1 Å². The van der Waals surface area contributed by atoms with Crippen LogP contribution in [0, 0.1) is 11.2 Å². The molecule has 0 spiro atoms. The van der Waals surface area contributed by atoms with E-state index in [2.05, 4.69) is 16.8 Å². The maximum atomic E-state index is 13.7. The number of oxazole rings is 1. The quantitative estimate of drug-likeness (QED) is 0.905. The summed E-state index contributed by atoms with van der Waals surface area (Å²) in [6, 6.07) is 6.56. The molecule has 0 bridgehead atoms. The molecule has 4 nitrogen and oxygen atoms in total. The van der Waals surface area contributed by atoms with Gasteiger partial charge in [-0.05, 0) is 37.1 Å². The highest BCUT2D eigenvalue weighted by Gasteiger charge is 2.32. The van der Waals surface area contributed by atoms with Crippen molar-refractivity contribution in [2.75, 3.05) is 19.6 Å². The Labute approximate surface area is 148 Å². The van der Waals surface area contributed by atoms with Crippen molar-refractivity contribution in [3.05, 3.63) is 42.2 Å². The van der Waals surface area contributed by atoms with Crippen LogP contribution in [0.2, 0.25) is 0 Å². The van der Waals surface area contributed by atoms with Crippen molar-refractivity contribution in [3.8, 4) is 11.3 Å². The Morgan fingerprint density at radius 2 is 2.09 bits per heavy atom. The van der Waals surface area contributed by atoms with E-state index in [-0.39, 0.29) is 36.0 Å². The molecule has 1 aromatic carbocycles. The van der Waals surface area contributed by atoms with Gasteiger partial charge in [0.1, 0.15) is 5.82 Å². The van der Waals surface area contributed by atoms with Crippen molar-refractivity contribution in [3.63, 3.8) is 0 Å². The predicted octanol–water partition coefficient (Wildman–Crippen LogP) is 3.50. The summed E-state index contributed by atoms with van der Waals surface area (Å²) >= 11 is 0. The second-order valence-electron chi connectivity index (χ2n) is 6.07. The molecule has 2 aromatic rings. The largest absolute Gasteiger partial charge is 0.439 e. The van der Waals surface area contributed by atoms with Crippen molar-refractivity contribution in [1.29, 1.82) is 0 Å². The molecule has 23 heavy (non-hydrogen) atoms. The van der Waals surface area contributed by atoms with Gasteiger partial charge in [0, 0.05) is 6.54 Å². The van der Waals surface area contributed by atoms with Gasteiger partial charge in [0.2, 0.25) is 5.89 Å². The first-order valence-corrected chi connectivity index (χ1v) is 7.22. The number of hydrogen-bond acceptors (Lipinski definition) is 4. The molecule has 2 N–H and O–H groups in total. The molecule has 0 amide bonds. The molecule has 7 heteroatoms. The first-order valence-electron chi connectivity index (χ1n) is 7.22. The van der Waals surface area contributed by atoms with Crippen LogP contribution in [-0.2, 0) is 6.54 Å². The Balaban J connectivity index is 0.00000132. The van der Waals surface area contributed by atoms with Gasteiger partial charge in [-0.1, -0.05) is 19.1 Å². The highest BCUT2D eigenvalue weighted by Crippen LogP contribution is 2.30. The van der Waals surface area contributed by atoms with Crippen LogP contribution < -0.4 is 5.73 Å². The third kappa shape index (κ3) is 4.44. The van der Waals surface area contributed by atoms with Crippen molar-refractivity contribution >= 4 is 24.8 Å². The third-order valence-corrected chi connectivity index (χ3v) is 4.18. The van der Waals surface area contributed by atoms with Gasteiger partial charge in [0.05, 0.1) is 18.3 Å². The maximum Gasteiger partial charge on any atom is 0.209 e. The van der Waals surface area contributed by atoms with E-state index in [0.29, 0.717) is 30.3 Å². The minimum absolute atomic E-state index is 0. The third-order valence-electron chi connectivity index (χ3n) is 4.18. The Morgan fingerprint density at radius 3 is 2.74 bits per heavy atom. The van der Waals surface area contributed by atoms with E-state index in [9.17, 15) is 4.39 Å². The van der Waals surface area contributed by atoms with E-state index in [1.807, 2.05) is 0 Å². The smallest absolute Gasteiger partial charge is 0.209 e. The zero-order valence-corrected chi connectivity index (χ0v) is 14.6. The number of halogens is 3. The van der Waals surface area contributed by atoms with E-state index in [1.54, 1.807) is 24.4 Å². The van der Waals surface area contributed by atoms with Crippen molar-refractivity contribution in [2.45, 2.75) is 19.9 Å². The van der Waals surface area contributed by atoms with Crippen LogP contribution in [0.1, 0.15) is 19.2 Å². The van der Waals surface area contributed by atoms with E-state index in [1.165, 1.54) is 6.07 Å². The number of rotatable bonds is 4. The zero-order chi connectivity index (χ0) is 14.9. The number of nitrogens with zero attached hydrogens (tertiary/aromatic N) is 2.